The summed E-state index contributed by atoms with van der Waals surface area (Å²) in [6.45, 7) is 3.92. The average molecular weight is 412 g/mol. The Balaban J connectivity index is 2.23. The van der Waals surface area contributed by atoms with Crippen LogP contribution in [0, 0.1) is 0 Å². The molecule has 0 N–H and O–H groups in total. The molecule has 156 valence electrons. The van der Waals surface area contributed by atoms with Crippen LogP contribution in [0.3, 0.4) is 0 Å². The van der Waals surface area contributed by atoms with Crippen molar-refractivity contribution in [3.63, 3.8) is 0 Å². The first-order chi connectivity index (χ1) is 13.5. The number of aryl methyl sites for hydroxylation is 1. The molecule has 3 rings (SSSR count). The van der Waals surface area contributed by atoms with Crippen molar-refractivity contribution in [3.05, 3.63) is 63.7 Å². The minimum atomic E-state index is -4.86. The molecule has 0 saturated carbocycles. The summed E-state index contributed by atoms with van der Waals surface area (Å²) in [6.07, 6.45) is -3.67. The van der Waals surface area contributed by atoms with E-state index in [9.17, 15) is 26.3 Å². The maximum absolute atomic E-state index is 13.3. The van der Waals surface area contributed by atoms with Gasteiger partial charge in [0.1, 0.15) is 0 Å². The molecule has 2 aromatic rings. The van der Waals surface area contributed by atoms with Crippen LogP contribution in [0.1, 0.15) is 60.9 Å². The van der Waals surface area contributed by atoms with Gasteiger partial charge in [-0.1, -0.05) is 44.1 Å². The Morgan fingerprint density at radius 3 is 2.00 bits per heavy atom. The Labute approximate surface area is 166 Å². The number of rotatable bonds is 5. The quantitative estimate of drug-likeness (QED) is 0.436. The van der Waals surface area contributed by atoms with Gasteiger partial charge < -0.3 is 0 Å². The van der Waals surface area contributed by atoms with Gasteiger partial charge >= 0.3 is 12.4 Å². The number of benzene rings is 2. The number of fused-ring (bicyclic) bond motifs is 1. The molecule has 1 aliphatic carbocycles. The molecule has 0 bridgehead atoms. The second-order valence-electron chi connectivity index (χ2n) is 7.40. The summed E-state index contributed by atoms with van der Waals surface area (Å²) in [4.78, 5) is 0. The average Bonchev–Trinajstić information content (AvgIpc) is 3.06. The predicted molar refractivity (Wildman–Crippen MR) is 102 cm³/mol. The monoisotopic (exact) mass is 412 g/mol. The van der Waals surface area contributed by atoms with Gasteiger partial charge in [0.2, 0.25) is 0 Å². The van der Waals surface area contributed by atoms with E-state index in [0.29, 0.717) is 18.4 Å². The van der Waals surface area contributed by atoms with E-state index < -0.39 is 23.5 Å². The summed E-state index contributed by atoms with van der Waals surface area (Å²) in [5, 5.41) is 0. The van der Waals surface area contributed by atoms with Crippen LogP contribution in [0.25, 0.3) is 17.2 Å². The van der Waals surface area contributed by atoms with E-state index in [1.165, 1.54) is 5.57 Å². The summed E-state index contributed by atoms with van der Waals surface area (Å²) < 4.78 is 80.0. The highest BCUT2D eigenvalue weighted by Gasteiger charge is 2.37. The summed E-state index contributed by atoms with van der Waals surface area (Å²) in [7, 11) is 0. The van der Waals surface area contributed by atoms with Crippen LogP contribution < -0.4 is 0 Å². The standard InChI is InChI=1S/C23H22F6/c1-3-5-6-14-9-16-8-7-15(4-2)21(20(16)10-14)17-11-18(22(24,25)26)13-19(12-17)23(27,28)29/h7-8,10-13H,3-6,9H2,1-2H3. The molecule has 0 radical (unpaired) electrons. The van der Waals surface area contributed by atoms with Gasteiger partial charge in [0.25, 0.3) is 0 Å². The van der Waals surface area contributed by atoms with E-state index in [2.05, 4.69) is 6.92 Å². The Hall–Kier alpha value is -2.24. The third-order valence-corrected chi connectivity index (χ3v) is 5.30. The molecule has 2 aromatic carbocycles. The largest absolute Gasteiger partial charge is 0.416 e. The van der Waals surface area contributed by atoms with Crippen LogP contribution in [-0.2, 0) is 25.2 Å². The molecule has 0 amide bonds. The number of hydrogen-bond acceptors (Lipinski definition) is 0. The fraction of sp³-hybridized carbons (Fsp3) is 0.391. The molecule has 1 aliphatic rings. The molecule has 6 heteroatoms. The van der Waals surface area contributed by atoms with Crippen LogP contribution in [-0.4, -0.2) is 0 Å². The molecule has 0 fully saturated rings. The second kappa shape index (κ2) is 7.88. The van der Waals surface area contributed by atoms with Gasteiger partial charge in [-0.3, -0.25) is 0 Å². The topological polar surface area (TPSA) is 0 Å². The van der Waals surface area contributed by atoms with Crippen molar-refractivity contribution < 1.29 is 26.3 Å². The third-order valence-electron chi connectivity index (χ3n) is 5.30. The summed E-state index contributed by atoms with van der Waals surface area (Å²) >= 11 is 0. The summed E-state index contributed by atoms with van der Waals surface area (Å²) in [5.41, 5.74) is 1.49. The third kappa shape index (κ3) is 4.51. The van der Waals surface area contributed by atoms with Gasteiger partial charge in [0.15, 0.2) is 0 Å². The SMILES string of the molecule is CCCCC1=Cc2c(ccc(CC)c2-c2cc(C(F)(F)F)cc(C(F)(F)F)c2)C1. The first-order valence-electron chi connectivity index (χ1n) is 9.68. The van der Waals surface area contributed by atoms with E-state index in [4.69, 9.17) is 0 Å². The molecule has 0 aromatic heterocycles. The lowest BCUT2D eigenvalue weighted by Gasteiger charge is -2.18. The lowest BCUT2D eigenvalue weighted by Crippen LogP contribution is -2.11. The lowest BCUT2D eigenvalue weighted by molar-refractivity contribution is -0.143. The van der Waals surface area contributed by atoms with Crippen molar-refractivity contribution in [2.45, 2.75) is 58.3 Å². The molecular formula is C23H22F6. The van der Waals surface area contributed by atoms with Crippen LogP contribution in [0.15, 0.2) is 35.9 Å². The molecule has 0 saturated heterocycles. The Kier molecular flexibility index (Phi) is 5.84. The number of allylic oxidation sites excluding steroid dienone is 1. The number of alkyl halides is 6. The van der Waals surface area contributed by atoms with Crippen LogP contribution in [0.2, 0.25) is 0 Å². The van der Waals surface area contributed by atoms with Gasteiger partial charge in [-0.2, -0.15) is 26.3 Å². The Morgan fingerprint density at radius 2 is 1.48 bits per heavy atom. The molecule has 0 heterocycles. The van der Waals surface area contributed by atoms with Crippen molar-refractivity contribution in [1.29, 1.82) is 0 Å². The first-order valence-corrected chi connectivity index (χ1v) is 9.68. The van der Waals surface area contributed by atoms with Gasteiger partial charge in [-0.25, -0.2) is 0 Å². The summed E-state index contributed by atoms with van der Waals surface area (Å²) in [5.74, 6) is 0. The molecule has 0 spiro atoms. The zero-order valence-corrected chi connectivity index (χ0v) is 16.3. The molecular weight excluding hydrogens is 390 g/mol. The first kappa shape index (κ1) is 21.5. The number of unbranched alkanes of at least 4 members (excludes halogenated alkanes) is 1. The Morgan fingerprint density at radius 1 is 0.862 bits per heavy atom. The molecule has 0 aliphatic heterocycles. The lowest BCUT2D eigenvalue weighted by atomic mass is 9.89. The van der Waals surface area contributed by atoms with E-state index in [0.717, 1.165) is 48.1 Å². The second-order valence-corrected chi connectivity index (χ2v) is 7.40. The highest BCUT2D eigenvalue weighted by molar-refractivity contribution is 5.83. The minimum Gasteiger partial charge on any atom is -0.166 e. The minimum absolute atomic E-state index is 0.0335. The number of hydrogen-bond donors (Lipinski definition) is 0. The van der Waals surface area contributed by atoms with Gasteiger partial charge in [-0.15, -0.1) is 0 Å². The molecule has 29 heavy (non-hydrogen) atoms. The normalized spacial score (nSPS) is 14.1. The summed E-state index contributed by atoms with van der Waals surface area (Å²) in [6, 6.07) is 5.61. The Bertz CT molecular complexity index is 899. The molecule has 0 nitrogen and oxygen atoms in total. The van der Waals surface area contributed by atoms with Crippen molar-refractivity contribution >= 4 is 6.08 Å². The predicted octanol–water partition coefficient (Wildman–Crippen LogP) is 8.08. The highest BCUT2D eigenvalue weighted by Crippen LogP contribution is 2.43. The van der Waals surface area contributed by atoms with E-state index in [1.54, 1.807) is 0 Å². The van der Waals surface area contributed by atoms with Crippen molar-refractivity contribution in [3.8, 4) is 11.1 Å². The van der Waals surface area contributed by atoms with Crippen molar-refractivity contribution in [1.82, 2.24) is 0 Å². The van der Waals surface area contributed by atoms with E-state index in [-0.39, 0.29) is 11.6 Å². The highest BCUT2D eigenvalue weighted by atomic mass is 19.4. The van der Waals surface area contributed by atoms with Crippen LogP contribution >= 0.6 is 0 Å². The van der Waals surface area contributed by atoms with Gasteiger partial charge in [-0.05, 0) is 71.7 Å². The maximum atomic E-state index is 13.3. The fourth-order valence-corrected chi connectivity index (χ4v) is 3.83. The maximum Gasteiger partial charge on any atom is 0.416 e. The zero-order chi connectivity index (χ0) is 21.4. The van der Waals surface area contributed by atoms with Crippen LogP contribution in [0.5, 0.6) is 0 Å². The molecule has 0 atom stereocenters. The van der Waals surface area contributed by atoms with Crippen molar-refractivity contribution in [2.24, 2.45) is 0 Å². The molecule has 0 unspecified atom stereocenters. The van der Waals surface area contributed by atoms with Gasteiger partial charge in [0, 0.05) is 0 Å². The van der Waals surface area contributed by atoms with E-state index >= 15 is 0 Å². The van der Waals surface area contributed by atoms with E-state index in [1.807, 2.05) is 25.1 Å². The van der Waals surface area contributed by atoms with Crippen LogP contribution in [0.4, 0.5) is 26.3 Å². The smallest absolute Gasteiger partial charge is 0.166 e. The van der Waals surface area contributed by atoms with Crippen molar-refractivity contribution in [2.75, 3.05) is 0 Å². The zero-order valence-electron chi connectivity index (χ0n) is 16.3. The fourth-order valence-electron chi connectivity index (χ4n) is 3.83. The van der Waals surface area contributed by atoms with Gasteiger partial charge in [0.05, 0.1) is 11.1 Å². The number of halogens is 6.